The maximum atomic E-state index is 3.56. The molecule has 76 valence electrons. The number of hydrogen-bond donors (Lipinski definition) is 1. The highest BCUT2D eigenvalue weighted by Crippen LogP contribution is 2.26. The first kappa shape index (κ1) is 9.47. The van der Waals surface area contributed by atoms with Crippen molar-refractivity contribution in [2.45, 2.75) is 38.1 Å². The number of rotatable bonds is 6. The maximum absolute atomic E-state index is 3.56. The normalized spacial score (nSPS) is 23.5. The molecule has 2 saturated carbocycles. The lowest BCUT2D eigenvalue weighted by molar-refractivity contribution is 0.205. The molecule has 2 nitrogen and oxygen atoms in total. The summed E-state index contributed by atoms with van der Waals surface area (Å²) in [6.07, 6.45) is 7.23. The van der Waals surface area contributed by atoms with Crippen molar-refractivity contribution in [1.82, 2.24) is 10.2 Å². The lowest BCUT2D eigenvalue weighted by atomic mass is 9.85. The minimum atomic E-state index is 0.872. The minimum absolute atomic E-state index is 0.872. The molecule has 0 bridgehead atoms. The van der Waals surface area contributed by atoms with Gasteiger partial charge in [-0.05, 0) is 38.6 Å². The van der Waals surface area contributed by atoms with Crippen LogP contribution in [0.1, 0.15) is 32.1 Å². The monoisotopic (exact) mass is 182 g/mol. The van der Waals surface area contributed by atoms with E-state index in [1.54, 1.807) is 0 Å². The standard InChI is InChI=1S/C11H22N2/c1-13(9-10-3-2-4-10)8-7-12-11-5-6-11/h10-12H,2-9H2,1H3. The predicted octanol–water partition coefficient (Wildman–Crippen LogP) is 1.47. The Morgan fingerprint density at radius 1 is 1.23 bits per heavy atom. The van der Waals surface area contributed by atoms with Gasteiger partial charge in [-0.2, -0.15) is 0 Å². The molecule has 0 radical (unpaired) electrons. The summed E-state index contributed by atoms with van der Waals surface area (Å²) in [6, 6.07) is 0.872. The summed E-state index contributed by atoms with van der Waals surface area (Å²) in [6.45, 7) is 3.74. The van der Waals surface area contributed by atoms with Gasteiger partial charge in [0, 0.05) is 25.7 Å². The quantitative estimate of drug-likeness (QED) is 0.669. The predicted molar refractivity (Wildman–Crippen MR) is 55.9 cm³/mol. The third kappa shape index (κ3) is 3.28. The van der Waals surface area contributed by atoms with E-state index in [0.717, 1.165) is 12.0 Å². The van der Waals surface area contributed by atoms with Gasteiger partial charge in [-0.25, -0.2) is 0 Å². The van der Waals surface area contributed by atoms with Crippen LogP contribution in [0.15, 0.2) is 0 Å². The van der Waals surface area contributed by atoms with Gasteiger partial charge in [-0.15, -0.1) is 0 Å². The molecule has 0 aromatic heterocycles. The van der Waals surface area contributed by atoms with Gasteiger partial charge >= 0.3 is 0 Å². The van der Waals surface area contributed by atoms with Crippen LogP contribution in [-0.2, 0) is 0 Å². The molecule has 0 aromatic carbocycles. The minimum Gasteiger partial charge on any atom is -0.313 e. The van der Waals surface area contributed by atoms with E-state index in [2.05, 4.69) is 17.3 Å². The van der Waals surface area contributed by atoms with E-state index in [0.29, 0.717) is 0 Å². The molecule has 0 saturated heterocycles. The molecule has 0 amide bonds. The van der Waals surface area contributed by atoms with Crippen LogP contribution >= 0.6 is 0 Å². The average molecular weight is 182 g/mol. The van der Waals surface area contributed by atoms with Crippen LogP contribution in [0.3, 0.4) is 0 Å². The van der Waals surface area contributed by atoms with Crippen molar-refractivity contribution >= 4 is 0 Å². The Labute approximate surface area is 81.7 Å². The van der Waals surface area contributed by atoms with Gasteiger partial charge in [0.1, 0.15) is 0 Å². The number of nitrogens with zero attached hydrogens (tertiary/aromatic N) is 1. The third-order valence-corrected chi connectivity index (χ3v) is 3.30. The van der Waals surface area contributed by atoms with Gasteiger partial charge in [0.05, 0.1) is 0 Å². The first-order valence-corrected chi connectivity index (χ1v) is 5.76. The maximum Gasteiger partial charge on any atom is 0.0104 e. The van der Waals surface area contributed by atoms with E-state index in [4.69, 9.17) is 0 Å². The van der Waals surface area contributed by atoms with E-state index in [9.17, 15) is 0 Å². The second-order valence-electron chi connectivity index (χ2n) is 4.79. The summed E-state index contributed by atoms with van der Waals surface area (Å²) in [5, 5.41) is 3.56. The lowest BCUT2D eigenvalue weighted by Crippen LogP contribution is -2.35. The zero-order valence-corrected chi connectivity index (χ0v) is 8.76. The SMILES string of the molecule is CN(CCNC1CC1)CC1CCC1. The summed E-state index contributed by atoms with van der Waals surface area (Å²) in [5.74, 6) is 1.02. The third-order valence-electron chi connectivity index (χ3n) is 3.30. The zero-order chi connectivity index (χ0) is 9.10. The van der Waals surface area contributed by atoms with Crippen LogP contribution in [0.5, 0.6) is 0 Å². The molecule has 1 N–H and O–H groups in total. The van der Waals surface area contributed by atoms with Crippen molar-refractivity contribution in [3.05, 3.63) is 0 Å². The van der Waals surface area contributed by atoms with Gasteiger partial charge in [0.15, 0.2) is 0 Å². The Hall–Kier alpha value is -0.0800. The molecule has 2 rings (SSSR count). The first-order valence-electron chi connectivity index (χ1n) is 5.76. The van der Waals surface area contributed by atoms with Crippen molar-refractivity contribution in [1.29, 1.82) is 0 Å². The second kappa shape index (κ2) is 4.43. The number of likely N-dealkylation sites (N-methyl/N-ethyl adjacent to an activating group) is 1. The van der Waals surface area contributed by atoms with Crippen LogP contribution in [0, 0.1) is 5.92 Å². The average Bonchev–Trinajstić information content (AvgIpc) is 2.81. The van der Waals surface area contributed by atoms with E-state index in [-0.39, 0.29) is 0 Å². The van der Waals surface area contributed by atoms with E-state index in [1.807, 2.05) is 0 Å². The topological polar surface area (TPSA) is 15.3 Å². The Balaban J connectivity index is 1.47. The molecule has 0 unspecified atom stereocenters. The largest absolute Gasteiger partial charge is 0.313 e. The zero-order valence-electron chi connectivity index (χ0n) is 8.76. The highest BCUT2D eigenvalue weighted by Gasteiger charge is 2.21. The fourth-order valence-electron chi connectivity index (χ4n) is 1.95. The molecule has 2 fully saturated rings. The summed E-state index contributed by atoms with van der Waals surface area (Å²) in [5.41, 5.74) is 0. The number of nitrogens with one attached hydrogen (secondary N) is 1. The van der Waals surface area contributed by atoms with Crippen molar-refractivity contribution in [3.8, 4) is 0 Å². The molecule has 2 aliphatic rings. The molecule has 2 heteroatoms. The highest BCUT2D eigenvalue weighted by atomic mass is 15.1. The fraction of sp³-hybridized carbons (Fsp3) is 1.00. The van der Waals surface area contributed by atoms with Crippen molar-refractivity contribution in [3.63, 3.8) is 0 Å². The van der Waals surface area contributed by atoms with Crippen molar-refractivity contribution in [2.75, 3.05) is 26.7 Å². The van der Waals surface area contributed by atoms with E-state index >= 15 is 0 Å². The van der Waals surface area contributed by atoms with Gasteiger partial charge in [-0.3, -0.25) is 0 Å². The van der Waals surface area contributed by atoms with Crippen LogP contribution < -0.4 is 5.32 Å². The molecule has 0 aliphatic heterocycles. The Morgan fingerprint density at radius 2 is 2.00 bits per heavy atom. The summed E-state index contributed by atoms with van der Waals surface area (Å²) >= 11 is 0. The molecule has 2 aliphatic carbocycles. The van der Waals surface area contributed by atoms with Gasteiger partial charge < -0.3 is 10.2 Å². The smallest absolute Gasteiger partial charge is 0.0104 e. The molecule has 0 heterocycles. The van der Waals surface area contributed by atoms with Crippen LogP contribution in [-0.4, -0.2) is 37.6 Å². The van der Waals surface area contributed by atoms with Crippen LogP contribution in [0.4, 0.5) is 0 Å². The fourth-order valence-corrected chi connectivity index (χ4v) is 1.95. The van der Waals surface area contributed by atoms with Gasteiger partial charge in [0.2, 0.25) is 0 Å². The van der Waals surface area contributed by atoms with E-state index < -0.39 is 0 Å². The molecular formula is C11H22N2. The van der Waals surface area contributed by atoms with Crippen molar-refractivity contribution < 1.29 is 0 Å². The summed E-state index contributed by atoms with van der Waals surface area (Å²) in [4.78, 5) is 2.49. The molecule has 13 heavy (non-hydrogen) atoms. The highest BCUT2D eigenvalue weighted by molar-refractivity contribution is 4.81. The van der Waals surface area contributed by atoms with E-state index in [1.165, 1.54) is 51.7 Å². The first-order chi connectivity index (χ1) is 6.34. The summed E-state index contributed by atoms with van der Waals surface area (Å²) in [7, 11) is 2.26. The van der Waals surface area contributed by atoms with Gasteiger partial charge in [0.25, 0.3) is 0 Å². The molecular weight excluding hydrogens is 160 g/mol. The molecule has 0 atom stereocenters. The second-order valence-corrected chi connectivity index (χ2v) is 4.79. The van der Waals surface area contributed by atoms with Gasteiger partial charge in [-0.1, -0.05) is 6.42 Å². The van der Waals surface area contributed by atoms with Crippen LogP contribution in [0.25, 0.3) is 0 Å². The Morgan fingerprint density at radius 3 is 2.54 bits per heavy atom. The lowest BCUT2D eigenvalue weighted by Gasteiger charge is -2.30. The summed E-state index contributed by atoms with van der Waals surface area (Å²) < 4.78 is 0. The molecule has 0 aromatic rings. The molecule has 0 spiro atoms. The van der Waals surface area contributed by atoms with Crippen molar-refractivity contribution in [2.24, 2.45) is 5.92 Å². The number of hydrogen-bond acceptors (Lipinski definition) is 2. The Kier molecular flexibility index (Phi) is 3.23. The Bertz CT molecular complexity index is 150. The van der Waals surface area contributed by atoms with Crippen LogP contribution in [0.2, 0.25) is 0 Å².